The zero-order valence-corrected chi connectivity index (χ0v) is 19.5. The van der Waals surface area contributed by atoms with Crippen LogP contribution in [0.2, 0.25) is 0 Å². The molecule has 0 saturated heterocycles. The highest BCUT2D eigenvalue weighted by Crippen LogP contribution is 2.28. The molecular weight excluding hydrogens is 466 g/mol. The molecule has 10 heteroatoms. The van der Waals surface area contributed by atoms with E-state index >= 15 is 0 Å². The summed E-state index contributed by atoms with van der Waals surface area (Å²) in [5.74, 6) is -0.755. The monoisotopic (exact) mass is 487 g/mol. The van der Waals surface area contributed by atoms with Crippen molar-refractivity contribution in [3.05, 3.63) is 90.0 Å². The Bertz CT molecular complexity index is 1330. The highest BCUT2D eigenvalue weighted by molar-refractivity contribution is 7.18. The number of amides is 2. The Balaban J connectivity index is 1.33. The summed E-state index contributed by atoms with van der Waals surface area (Å²) in [5.41, 5.74) is 4.72. The Morgan fingerprint density at radius 3 is 2.43 bits per heavy atom. The van der Waals surface area contributed by atoms with E-state index in [1.54, 1.807) is 25.3 Å². The molecule has 1 heterocycles. The second kappa shape index (κ2) is 11.5. The van der Waals surface area contributed by atoms with Gasteiger partial charge in [0.2, 0.25) is 5.13 Å². The van der Waals surface area contributed by atoms with Gasteiger partial charge in [-0.3, -0.25) is 14.9 Å². The molecule has 0 fully saturated rings. The number of nitrogens with one attached hydrogen (secondary N) is 2. The molecule has 0 aliphatic rings. The molecule has 176 valence electrons. The summed E-state index contributed by atoms with van der Waals surface area (Å²) < 4.78 is 11.2. The molecule has 0 aliphatic heterocycles. The van der Waals surface area contributed by atoms with Crippen molar-refractivity contribution in [2.75, 3.05) is 12.4 Å². The second-order valence-electron chi connectivity index (χ2n) is 7.12. The lowest BCUT2D eigenvalue weighted by molar-refractivity contribution is -0.136. The van der Waals surface area contributed by atoms with E-state index in [9.17, 15) is 9.59 Å². The molecule has 0 saturated carbocycles. The lowest BCUT2D eigenvalue weighted by Gasteiger charge is -2.11. The first-order valence-corrected chi connectivity index (χ1v) is 11.3. The van der Waals surface area contributed by atoms with E-state index in [4.69, 9.17) is 9.47 Å². The molecular formula is C25H21N5O4S. The van der Waals surface area contributed by atoms with Crippen LogP contribution in [0.1, 0.15) is 11.1 Å². The molecule has 0 unspecified atom stereocenters. The van der Waals surface area contributed by atoms with Crippen LogP contribution in [0.5, 0.6) is 11.5 Å². The maximum Gasteiger partial charge on any atom is 0.329 e. The van der Waals surface area contributed by atoms with Gasteiger partial charge in [-0.1, -0.05) is 72.0 Å². The fraction of sp³-hybridized carbons (Fsp3) is 0.0800. The number of ether oxygens (including phenoxy) is 2. The Kier molecular flexibility index (Phi) is 7.77. The quantitative estimate of drug-likeness (QED) is 0.221. The fourth-order valence-corrected chi connectivity index (χ4v) is 3.71. The average molecular weight is 488 g/mol. The van der Waals surface area contributed by atoms with Crippen molar-refractivity contribution >= 4 is 34.5 Å². The van der Waals surface area contributed by atoms with Crippen LogP contribution >= 0.6 is 11.3 Å². The maximum atomic E-state index is 12.2. The van der Waals surface area contributed by atoms with Crippen molar-refractivity contribution in [3.8, 4) is 22.1 Å². The highest BCUT2D eigenvalue weighted by atomic mass is 32.1. The number of anilines is 1. The third kappa shape index (κ3) is 6.49. The molecule has 0 atom stereocenters. The van der Waals surface area contributed by atoms with E-state index in [1.807, 2.05) is 60.7 Å². The normalized spacial score (nSPS) is 10.7. The van der Waals surface area contributed by atoms with Crippen molar-refractivity contribution < 1.29 is 19.1 Å². The van der Waals surface area contributed by atoms with Gasteiger partial charge < -0.3 is 9.47 Å². The van der Waals surface area contributed by atoms with Crippen LogP contribution in [0.4, 0.5) is 5.13 Å². The average Bonchev–Trinajstić information content (AvgIpc) is 3.37. The number of carbonyl (C=O) groups excluding carboxylic acids is 2. The van der Waals surface area contributed by atoms with Gasteiger partial charge in [0.25, 0.3) is 0 Å². The number of benzene rings is 3. The predicted octanol–water partition coefficient (Wildman–Crippen LogP) is 3.88. The zero-order chi connectivity index (χ0) is 24.5. The van der Waals surface area contributed by atoms with Gasteiger partial charge in [0.15, 0.2) is 11.5 Å². The van der Waals surface area contributed by atoms with Gasteiger partial charge >= 0.3 is 11.8 Å². The molecule has 2 amide bonds. The number of carbonyl (C=O) groups is 2. The van der Waals surface area contributed by atoms with Crippen LogP contribution in [-0.4, -0.2) is 35.3 Å². The number of rotatable bonds is 8. The molecule has 35 heavy (non-hydrogen) atoms. The minimum atomic E-state index is -0.938. The van der Waals surface area contributed by atoms with E-state index < -0.39 is 11.8 Å². The van der Waals surface area contributed by atoms with Crippen LogP contribution < -0.4 is 20.2 Å². The van der Waals surface area contributed by atoms with E-state index in [2.05, 4.69) is 26.0 Å². The third-order valence-electron chi connectivity index (χ3n) is 4.68. The first-order chi connectivity index (χ1) is 17.1. The second-order valence-corrected chi connectivity index (χ2v) is 8.09. The summed E-state index contributed by atoms with van der Waals surface area (Å²) in [6, 6.07) is 24.3. The van der Waals surface area contributed by atoms with Crippen molar-refractivity contribution in [2.45, 2.75) is 6.61 Å². The molecule has 3 aromatic carbocycles. The molecule has 0 spiro atoms. The van der Waals surface area contributed by atoms with Crippen molar-refractivity contribution in [1.29, 1.82) is 0 Å². The lowest BCUT2D eigenvalue weighted by atomic mass is 10.2. The van der Waals surface area contributed by atoms with E-state index in [0.29, 0.717) is 28.7 Å². The first kappa shape index (κ1) is 23.6. The Morgan fingerprint density at radius 1 is 0.943 bits per heavy atom. The number of aromatic nitrogens is 2. The molecule has 0 bridgehead atoms. The van der Waals surface area contributed by atoms with Gasteiger partial charge in [-0.15, -0.1) is 10.2 Å². The molecule has 0 aliphatic carbocycles. The molecule has 2 N–H and O–H groups in total. The van der Waals surface area contributed by atoms with Crippen LogP contribution in [0.15, 0.2) is 84.0 Å². The predicted molar refractivity (Wildman–Crippen MR) is 133 cm³/mol. The number of methoxy groups -OCH3 is 1. The molecule has 4 rings (SSSR count). The summed E-state index contributed by atoms with van der Waals surface area (Å²) in [6.07, 6.45) is 1.40. The van der Waals surface area contributed by atoms with Crippen molar-refractivity contribution in [2.24, 2.45) is 5.10 Å². The summed E-state index contributed by atoms with van der Waals surface area (Å²) in [4.78, 5) is 24.3. The molecule has 4 aromatic rings. The Labute approximate surface area is 205 Å². The minimum Gasteiger partial charge on any atom is -0.493 e. The number of nitrogens with zero attached hydrogens (tertiary/aromatic N) is 3. The first-order valence-electron chi connectivity index (χ1n) is 10.5. The highest BCUT2D eigenvalue weighted by Gasteiger charge is 2.16. The number of hydrogen-bond acceptors (Lipinski definition) is 8. The number of hydrazone groups is 1. The van der Waals surface area contributed by atoms with Gasteiger partial charge in [-0.2, -0.15) is 5.10 Å². The summed E-state index contributed by atoms with van der Waals surface area (Å²) in [7, 11) is 1.55. The van der Waals surface area contributed by atoms with Gasteiger partial charge in [0.05, 0.1) is 13.3 Å². The Morgan fingerprint density at radius 2 is 1.69 bits per heavy atom. The van der Waals surface area contributed by atoms with E-state index in [1.165, 1.54) is 6.21 Å². The van der Waals surface area contributed by atoms with Gasteiger partial charge in [-0.25, -0.2) is 5.43 Å². The summed E-state index contributed by atoms with van der Waals surface area (Å²) in [5, 5.41) is 15.0. The van der Waals surface area contributed by atoms with Crippen LogP contribution in [-0.2, 0) is 16.2 Å². The summed E-state index contributed by atoms with van der Waals surface area (Å²) >= 11 is 1.16. The van der Waals surface area contributed by atoms with Crippen molar-refractivity contribution in [3.63, 3.8) is 0 Å². The topological polar surface area (TPSA) is 115 Å². The third-order valence-corrected chi connectivity index (χ3v) is 5.56. The minimum absolute atomic E-state index is 0.211. The zero-order valence-electron chi connectivity index (χ0n) is 18.7. The van der Waals surface area contributed by atoms with E-state index in [-0.39, 0.29) is 5.13 Å². The summed E-state index contributed by atoms with van der Waals surface area (Å²) in [6.45, 7) is 0.367. The molecule has 0 radical (unpaired) electrons. The molecule has 1 aromatic heterocycles. The fourth-order valence-electron chi connectivity index (χ4n) is 2.96. The standard InChI is InChI=1S/C25H21N5O4S/c1-33-20-13-12-18(14-21(20)34-16-17-8-4-2-5-9-17)15-26-28-23(32)22(31)27-25-30-29-24(35-25)19-10-6-3-7-11-19/h2-15H,16H2,1H3,(H,28,32)(H,27,30,31)/b26-15-. The van der Waals surface area contributed by atoms with E-state index in [0.717, 1.165) is 22.5 Å². The van der Waals surface area contributed by atoms with Crippen LogP contribution in [0.25, 0.3) is 10.6 Å². The largest absolute Gasteiger partial charge is 0.493 e. The Hall–Kier alpha value is -4.57. The van der Waals surface area contributed by atoms with Gasteiger partial charge in [0.1, 0.15) is 11.6 Å². The number of hydrogen-bond donors (Lipinski definition) is 2. The molecule has 9 nitrogen and oxygen atoms in total. The maximum absolute atomic E-state index is 12.2. The van der Waals surface area contributed by atoms with Crippen LogP contribution in [0.3, 0.4) is 0 Å². The lowest BCUT2D eigenvalue weighted by Crippen LogP contribution is -2.32. The SMILES string of the molecule is COc1ccc(/C=N\NC(=O)C(=O)Nc2nnc(-c3ccccc3)s2)cc1OCc1ccccc1. The van der Waals surface area contributed by atoms with Gasteiger partial charge in [0, 0.05) is 5.56 Å². The van der Waals surface area contributed by atoms with Gasteiger partial charge in [-0.05, 0) is 29.3 Å². The van der Waals surface area contributed by atoms with Crippen molar-refractivity contribution in [1.82, 2.24) is 15.6 Å². The van der Waals surface area contributed by atoms with Crippen LogP contribution in [0, 0.1) is 0 Å². The smallest absolute Gasteiger partial charge is 0.329 e.